The van der Waals surface area contributed by atoms with E-state index >= 15 is 0 Å². The molecular formula is C21H24N2O2S. The number of likely N-dealkylation sites (tertiary alicyclic amines) is 1. The molecule has 1 saturated heterocycles. The Kier molecular flexibility index (Phi) is 6.34. The zero-order valence-electron chi connectivity index (χ0n) is 15.0. The van der Waals surface area contributed by atoms with E-state index in [1.54, 1.807) is 17.8 Å². The minimum atomic E-state index is -0.157. The van der Waals surface area contributed by atoms with Gasteiger partial charge < -0.3 is 10.2 Å². The number of hydrogen-bond donors (Lipinski definition) is 1. The van der Waals surface area contributed by atoms with Gasteiger partial charge in [-0.2, -0.15) is 11.8 Å². The topological polar surface area (TPSA) is 49.4 Å². The summed E-state index contributed by atoms with van der Waals surface area (Å²) >= 11 is 1.72. The van der Waals surface area contributed by atoms with Crippen molar-refractivity contribution in [2.24, 2.45) is 0 Å². The molecule has 3 rings (SSSR count). The maximum absolute atomic E-state index is 12.6. The third kappa shape index (κ3) is 4.67. The minimum absolute atomic E-state index is 0.0442. The zero-order chi connectivity index (χ0) is 18.4. The minimum Gasteiger partial charge on any atom is -0.339 e. The van der Waals surface area contributed by atoms with E-state index in [1.165, 1.54) is 6.42 Å². The van der Waals surface area contributed by atoms with Crippen LogP contribution in [-0.4, -0.2) is 36.1 Å². The third-order valence-corrected chi connectivity index (χ3v) is 5.13. The van der Waals surface area contributed by atoms with Gasteiger partial charge in [-0.25, -0.2) is 0 Å². The van der Waals surface area contributed by atoms with Crippen molar-refractivity contribution < 1.29 is 9.59 Å². The van der Waals surface area contributed by atoms with Gasteiger partial charge in [0.1, 0.15) is 0 Å². The van der Waals surface area contributed by atoms with Crippen molar-refractivity contribution in [2.75, 3.05) is 24.7 Å². The molecule has 0 unspecified atom stereocenters. The van der Waals surface area contributed by atoms with Crippen LogP contribution in [0.4, 0.5) is 5.69 Å². The molecule has 5 heteroatoms. The van der Waals surface area contributed by atoms with E-state index in [1.807, 2.05) is 53.6 Å². The van der Waals surface area contributed by atoms with E-state index in [0.29, 0.717) is 16.8 Å². The lowest BCUT2D eigenvalue weighted by Gasteiger charge is -2.26. The zero-order valence-corrected chi connectivity index (χ0v) is 15.8. The molecule has 0 atom stereocenters. The molecule has 4 nitrogen and oxygen atoms in total. The van der Waals surface area contributed by atoms with Crippen LogP contribution in [0.2, 0.25) is 0 Å². The Labute approximate surface area is 159 Å². The summed E-state index contributed by atoms with van der Waals surface area (Å²) in [7, 11) is 0. The van der Waals surface area contributed by atoms with Crippen molar-refractivity contribution in [2.45, 2.75) is 25.0 Å². The molecule has 136 valence electrons. The van der Waals surface area contributed by atoms with Crippen LogP contribution in [0.25, 0.3) is 0 Å². The number of benzene rings is 2. The molecule has 0 aliphatic carbocycles. The molecule has 0 radical (unpaired) electrons. The number of amides is 2. The van der Waals surface area contributed by atoms with Crippen molar-refractivity contribution in [3.8, 4) is 0 Å². The largest absolute Gasteiger partial charge is 0.339 e. The summed E-state index contributed by atoms with van der Waals surface area (Å²) in [6, 6.07) is 14.8. The van der Waals surface area contributed by atoms with Gasteiger partial charge in [0.2, 0.25) is 0 Å². The molecule has 1 heterocycles. The highest BCUT2D eigenvalue weighted by molar-refractivity contribution is 7.97. The summed E-state index contributed by atoms with van der Waals surface area (Å²) in [6.45, 7) is 1.63. The standard InChI is InChI=1S/C21H24N2O2S/c1-26-15-16-7-5-8-17(13-16)20(24)22-19-10-6-9-18(14-19)21(25)23-11-3-2-4-12-23/h5-10,13-14H,2-4,11-12,15H2,1H3,(H,22,24). The summed E-state index contributed by atoms with van der Waals surface area (Å²) < 4.78 is 0. The van der Waals surface area contributed by atoms with E-state index in [2.05, 4.69) is 5.32 Å². The molecule has 2 aromatic carbocycles. The molecular weight excluding hydrogens is 344 g/mol. The predicted octanol–water partition coefficient (Wildman–Crippen LogP) is 4.43. The van der Waals surface area contributed by atoms with Crippen molar-refractivity contribution in [1.82, 2.24) is 4.90 Å². The second kappa shape index (κ2) is 8.90. The Morgan fingerprint density at radius 2 is 1.73 bits per heavy atom. The average molecular weight is 369 g/mol. The van der Waals surface area contributed by atoms with E-state index in [4.69, 9.17) is 0 Å². The monoisotopic (exact) mass is 368 g/mol. The van der Waals surface area contributed by atoms with E-state index in [9.17, 15) is 9.59 Å². The lowest BCUT2D eigenvalue weighted by molar-refractivity contribution is 0.0724. The van der Waals surface area contributed by atoms with Gasteiger partial charge in [-0.05, 0) is 61.4 Å². The summed E-state index contributed by atoms with van der Waals surface area (Å²) in [5.41, 5.74) is 3.03. The van der Waals surface area contributed by atoms with Gasteiger partial charge in [-0.3, -0.25) is 9.59 Å². The second-order valence-corrected chi connectivity index (χ2v) is 7.39. The van der Waals surface area contributed by atoms with Crippen LogP contribution in [0, 0.1) is 0 Å². The first kappa shape index (κ1) is 18.5. The van der Waals surface area contributed by atoms with Crippen LogP contribution in [0.5, 0.6) is 0 Å². The number of thioether (sulfide) groups is 1. The predicted molar refractivity (Wildman–Crippen MR) is 108 cm³/mol. The fraction of sp³-hybridized carbons (Fsp3) is 0.333. The Bertz CT molecular complexity index is 785. The van der Waals surface area contributed by atoms with Gasteiger partial charge in [0.25, 0.3) is 11.8 Å². The fourth-order valence-electron chi connectivity index (χ4n) is 3.18. The van der Waals surface area contributed by atoms with Gasteiger partial charge >= 0.3 is 0 Å². The first-order valence-electron chi connectivity index (χ1n) is 8.96. The summed E-state index contributed by atoms with van der Waals surface area (Å²) in [5.74, 6) is 0.763. The van der Waals surface area contributed by atoms with Gasteiger partial charge in [-0.1, -0.05) is 18.2 Å². The number of nitrogens with one attached hydrogen (secondary N) is 1. The van der Waals surface area contributed by atoms with Gasteiger partial charge in [-0.15, -0.1) is 0 Å². The number of anilines is 1. The maximum atomic E-state index is 12.6. The van der Waals surface area contributed by atoms with Crippen LogP contribution < -0.4 is 5.32 Å². The quantitative estimate of drug-likeness (QED) is 0.849. The Morgan fingerprint density at radius 3 is 2.50 bits per heavy atom. The van der Waals surface area contributed by atoms with Crippen LogP contribution in [0.3, 0.4) is 0 Å². The number of carbonyl (C=O) groups is 2. The molecule has 2 aromatic rings. The summed E-state index contributed by atoms with van der Waals surface area (Å²) in [4.78, 5) is 27.1. The molecule has 0 aromatic heterocycles. The normalized spacial score (nSPS) is 14.1. The SMILES string of the molecule is CSCc1cccc(C(=O)Nc2cccc(C(=O)N3CCCCC3)c2)c1. The van der Waals surface area contributed by atoms with Crippen LogP contribution in [0.1, 0.15) is 45.5 Å². The Balaban J connectivity index is 1.71. The molecule has 1 N–H and O–H groups in total. The summed E-state index contributed by atoms with van der Waals surface area (Å²) in [5, 5.41) is 2.91. The number of carbonyl (C=O) groups excluding carboxylic acids is 2. The number of rotatable bonds is 5. The molecule has 1 aliphatic rings. The molecule has 26 heavy (non-hydrogen) atoms. The Hall–Kier alpha value is -2.27. The highest BCUT2D eigenvalue weighted by atomic mass is 32.2. The van der Waals surface area contributed by atoms with Gasteiger partial charge in [0.15, 0.2) is 0 Å². The molecule has 0 saturated carbocycles. The van der Waals surface area contributed by atoms with Crippen LogP contribution in [0.15, 0.2) is 48.5 Å². The maximum Gasteiger partial charge on any atom is 0.255 e. The molecule has 1 fully saturated rings. The van der Waals surface area contributed by atoms with Gasteiger partial charge in [0.05, 0.1) is 0 Å². The van der Waals surface area contributed by atoms with E-state index in [-0.39, 0.29) is 11.8 Å². The first-order valence-corrected chi connectivity index (χ1v) is 10.4. The van der Waals surface area contributed by atoms with Crippen molar-refractivity contribution in [1.29, 1.82) is 0 Å². The summed E-state index contributed by atoms with van der Waals surface area (Å²) in [6.07, 6.45) is 5.36. The molecule has 0 bridgehead atoms. The third-order valence-electron chi connectivity index (χ3n) is 4.51. The highest BCUT2D eigenvalue weighted by Gasteiger charge is 2.18. The molecule has 2 amide bonds. The van der Waals surface area contributed by atoms with E-state index < -0.39 is 0 Å². The van der Waals surface area contributed by atoms with Crippen LogP contribution in [-0.2, 0) is 5.75 Å². The van der Waals surface area contributed by atoms with Crippen molar-refractivity contribution in [3.63, 3.8) is 0 Å². The Morgan fingerprint density at radius 1 is 1.00 bits per heavy atom. The lowest BCUT2D eigenvalue weighted by atomic mass is 10.1. The molecule has 0 spiro atoms. The van der Waals surface area contributed by atoms with Crippen molar-refractivity contribution in [3.05, 3.63) is 65.2 Å². The van der Waals surface area contributed by atoms with Gasteiger partial charge in [0, 0.05) is 35.7 Å². The average Bonchev–Trinajstić information content (AvgIpc) is 2.69. The first-order chi connectivity index (χ1) is 12.7. The smallest absolute Gasteiger partial charge is 0.255 e. The molecule has 1 aliphatic heterocycles. The lowest BCUT2D eigenvalue weighted by Crippen LogP contribution is -2.35. The van der Waals surface area contributed by atoms with E-state index in [0.717, 1.165) is 37.2 Å². The van der Waals surface area contributed by atoms with Crippen LogP contribution >= 0.6 is 11.8 Å². The number of piperidine rings is 1. The number of hydrogen-bond acceptors (Lipinski definition) is 3. The second-order valence-electron chi connectivity index (χ2n) is 6.52. The number of nitrogens with zero attached hydrogens (tertiary/aromatic N) is 1. The highest BCUT2D eigenvalue weighted by Crippen LogP contribution is 2.18. The van der Waals surface area contributed by atoms with Crippen molar-refractivity contribution >= 4 is 29.3 Å². The fourth-order valence-corrected chi connectivity index (χ4v) is 3.69.